The van der Waals surface area contributed by atoms with Crippen LogP contribution in [0.15, 0.2) is 12.2 Å². The third kappa shape index (κ3) is 4.47. The van der Waals surface area contributed by atoms with Gasteiger partial charge in [0.1, 0.15) is 0 Å². The lowest BCUT2D eigenvalue weighted by atomic mass is 10.2. The molecular formula is C12H22N2O. The van der Waals surface area contributed by atoms with Crippen molar-refractivity contribution in [2.24, 2.45) is 0 Å². The van der Waals surface area contributed by atoms with Gasteiger partial charge in [0, 0.05) is 32.6 Å². The zero-order valence-corrected chi connectivity index (χ0v) is 9.72. The standard InChI is InChI=1S/C12H22N2O/c1-3-11(2)10-13-7-6-12(15)14-8-4-5-9-14/h13H,2-10H2,1H3. The number of nitrogens with zero attached hydrogens (tertiary/aromatic N) is 1. The summed E-state index contributed by atoms with van der Waals surface area (Å²) in [5, 5.41) is 3.24. The van der Waals surface area contributed by atoms with Crippen molar-refractivity contribution in [1.82, 2.24) is 10.2 Å². The smallest absolute Gasteiger partial charge is 0.223 e. The van der Waals surface area contributed by atoms with E-state index in [2.05, 4.69) is 18.8 Å². The number of carbonyl (C=O) groups excluding carboxylic acids is 1. The summed E-state index contributed by atoms with van der Waals surface area (Å²) in [4.78, 5) is 13.6. The van der Waals surface area contributed by atoms with E-state index in [-0.39, 0.29) is 0 Å². The Morgan fingerprint density at radius 1 is 1.40 bits per heavy atom. The Morgan fingerprint density at radius 3 is 2.67 bits per heavy atom. The Kier molecular flexibility index (Phi) is 5.40. The Bertz CT molecular complexity index is 220. The molecule has 86 valence electrons. The molecule has 1 aliphatic rings. The molecule has 0 saturated carbocycles. The van der Waals surface area contributed by atoms with Crippen LogP contribution in [0.4, 0.5) is 0 Å². The highest BCUT2D eigenvalue weighted by atomic mass is 16.2. The van der Waals surface area contributed by atoms with Gasteiger partial charge >= 0.3 is 0 Å². The number of rotatable bonds is 6. The van der Waals surface area contributed by atoms with E-state index in [0.29, 0.717) is 12.3 Å². The zero-order chi connectivity index (χ0) is 11.1. The van der Waals surface area contributed by atoms with Crippen LogP contribution >= 0.6 is 0 Å². The Labute approximate surface area is 92.5 Å². The summed E-state index contributed by atoms with van der Waals surface area (Å²) < 4.78 is 0. The van der Waals surface area contributed by atoms with Gasteiger partial charge in [-0.1, -0.05) is 19.1 Å². The van der Waals surface area contributed by atoms with Crippen LogP contribution in [0.5, 0.6) is 0 Å². The number of likely N-dealkylation sites (tertiary alicyclic amines) is 1. The van der Waals surface area contributed by atoms with Crippen molar-refractivity contribution in [3.8, 4) is 0 Å². The second-order valence-corrected chi connectivity index (χ2v) is 4.12. The van der Waals surface area contributed by atoms with Gasteiger partial charge in [-0.3, -0.25) is 4.79 Å². The Hall–Kier alpha value is -0.830. The molecule has 0 spiro atoms. The first kappa shape index (κ1) is 12.2. The van der Waals surface area contributed by atoms with E-state index in [1.807, 2.05) is 4.90 Å². The fourth-order valence-corrected chi connectivity index (χ4v) is 1.71. The van der Waals surface area contributed by atoms with E-state index in [1.165, 1.54) is 18.4 Å². The van der Waals surface area contributed by atoms with E-state index in [0.717, 1.165) is 32.6 Å². The highest BCUT2D eigenvalue weighted by Gasteiger charge is 2.16. The highest BCUT2D eigenvalue weighted by Crippen LogP contribution is 2.08. The maximum Gasteiger partial charge on any atom is 0.223 e. The first-order chi connectivity index (χ1) is 7.24. The molecule has 15 heavy (non-hydrogen) atoms. The van der Waals surface area contributed by atoms with Gasteiger partial charge in [0.2, 0.25) is 5.91 Å². The zero-order valence-electron chi connectivity index (χ0n) is 9.72. The fourth-order valence-electron chi connectivity index (χ4n) is 1.71. The van der Waals surface area contributed by atoms with Gasteiger partial charge in [-0.05, 0) is 19.3 Å². The van der Waals surface area contributed by atoms with Gasteiger partial charge in [-0.15, -0.1) is 0 Å². The van der Waals surface area contributed by atoms with Gasteiger partial charge in [-0.25, -0.2) is 0 Å². The molecule has 0 aromatic heterocycles. The molecule has 1 N–H and O–H groups in total. The van der Waals surface area contributed by atoms with Crippen molar-refractivity contribution in [2.75, 3.05) is 26.2 Å². The molecule has 1 saturated heterocycles. The minimum absolute atomic E-state index is 0.294. The van der Waals surface area contributed by atoms with Gasteiger partial charge in [0.15, 0.2) is 0 Å². The van der Waals surface area contributed by atoms with Crippen LogP contribution < -0.4 is 5.32 Å². The van der Waals surface area contributed by atoms with Crippen LogP contribution in [0.25, 0.3) is 0 Å². The number of hydrogen-bond donors (Lipinski definition) is 1. The van der Waals surface area contributed by atoms with Gasteiger partial charge in [-0.2, -0.15) is 0 Å². The third-order valence-corrected chi connectivity index (χ3v) is 2.85. The van der Waals surface area contributed by atoms with Crippen LogP contribution in [-0.4, -0.2) is 37.0 Å². The number of amides is 1. The average molecular weight is 210 g/mol. The van der Waals surface area contributed by atoms with E-state index < -0.39 is 0 Å². The number of nitrogens with one attached hydrogen (secondary N) is 1. The second-order valence-electron chi connectivity index (χ2n) is 4.12. The van der Waals surface area contributed by atoms with Gasteiger partial charge in [0.05, 0.1) is 0 Å². The van der Waals surface area contributed by atoms with Crippen LogP contribution in [0, 0.1) is 0 Å². The summed E-state index contributed by atoms with van der Waals surface area (Å²) in [6.45, 7) is 9.53. The van der Waals surface area contributed by atoms with Crippen molar-refractivity contribution in [3.05, 3.63) is 12.2 Å². The molecule has 1 rings (SSSR count). The minimum Gasteiger partial charge on any atom is -0.343 e. The molecule has 0 bridgehead atoms. The number of hydrogen-bond acceptors (Lipinski definition) is 2. The molecule has 1 amide bonds. The fraction of sp³-hybridized carbons (Fsp3) is 0.750. The van der Waals surface area contributed by atoms with E-state index in [1.54, 1.807) is 0 Å². The summed E-state index contributed by atoms with van der Waals surface area (Å²) >= 11 is 0. The second kappa shape index (κ2) is 6.62. The van der Waals surface area contributed by atoms with Crippen molar-refractivity contribution < 1.29 is 4.79 Å². The normalized spacial score (nSPS) is 15.7. The lowest BCUT2D eigenvalue weighted by Gasteiger charge is -2.15. The highest BCUT2D eigenvalue weighted by molar-refractivity contribution is 5.76. The lowest BCUT2D eigenvalue weighted by Crippen LogP contribution is -2.31. The van der Waals surface area contributed by atoms with Gasteiger partial charge < -0.3 is 10.2 Å². The maximum absolute atomic E-state index is 11.6. The molecule has 0 aromatic rings. The molecule has 0 radical (unpaired) electrons. The molecule has 1 aliphatic heterocycles. The molecule has 0 aromatic carbocycles. The van der Waals surface area contributed by atoms with E-state index in [4.69, 9.17) is 0 Å². The molecule has 0 atom stereocenters. The Morgan fingerprint density at radius 2 is 2.07 bits per heavy atom. The topological polar surface area (TPSA) is 32.3 Å². The van der Waals surface area contributed by atoms with Crippen LogP contribution in [0.3, 0.4) is 0 Å². The molecular weight excluding hydrogens is 188 g/mol. The first-order valence-electron chi connectivity index (χ1n) is 5.89. The van der Waals surface area contributed by atoms with Crippen LogP contribution in [0.1, 0.15) is 32.6 Å². The summed E-state index contributed by atoms with van der Waals surface area (Å²) in [5.74, 6) is 0.294. The van der Waals surface area contributed by atoms with Crippen LogP contribution in [-0.2, 0) is 4.79 Å². The maximum atomic E-state index is 11.6. The molecule has 1 heterocycles. The quantitative estimate of drug-likeness (QED) is 0.533. The predicted molar refractivity (Wildman–Crippen MR) is 62.7 cm³/mol. The molecule has 0 unspecified atom stereocenters. The monoisotopic (exact) mass is 210 g/mol. The molecule has 0 aliphatic carbocycles. The summed E-state index contributed by atoms with van der Waals surface area (Å²) in [5.41, 5.74) is 1.20. The first-order valence-corrected chi connectivity index (χ1v) is 5.89. The largest absolute Gasteiger partial charge is 0.343 e. The lowest BCUT2D eigenvalue weighted by molar-refractivity contribution is -0.130. The summed E-state index contributed by atoms with van der Waals surface area (Å²) in [6.07, 6.45) is 3.97. The minimum atomic E-state index is 0.294. The van der Waals surface area contributed by atoms with Crippen LogP contribution in [0.2, 0.25) is 0 Å². The molecule has 3 heteroatoms. The van der Waals surface area contributed by atoms with E-state index >= 15 is 0 Å². The van der Waals surface area contributed by atoms with Crippen molar-refractivity contribution in [1.29, 1.82) is 0 Å². The third-order valence-electron chi connectivity index (χ3n) is 2.85. The Balaban J connectivity index is 2.04. The van der Waals surface area contributed by atoms with Crippen molar-refractivity contribution in [2.45, 2.75) is 32.6 Å². The van der Waals surface area contributed by atoms with Crippen molar-refractivity contribution >= 4 is 5.91 Å². The van der Waals surface area contributed by atoms with Gasteiger partial charge in [0.25, 0.3) is 0 Å². The number of carbonyl (C=O) groups is 1. The summed E-state index contributed by atoms with van der Waals surface area (Å²) in [7, 11) is 0. The average Bonchev–Trinajstić information content (AvgIpc) is 2.77. The molecule has 3 nitrogen and oxygen atoms in total. The van der Waals surface area contributed by atoms with Crippen molar-refractivity contribution in [3.63, 3.8) is 0 Å². The summed E-state index contributed by atoms with van der Waals surface area (Å²) in [6, 6.07) is 0. The molecule has 1 fully saturated rings. The van der Waals surface area contributed by atoms with E-state index in [9.17, 15) is 4.79 Å². The predicted octanol–water partition coefficient (Wildman–Crippen LogP) is 1.55. The SMILES string of the molecule is C=C(CC)CNCCC(=O)N1CCCC1.